The lowest BCUT2D eigenvalue weighted by molar-refractivity contribution is -0.118. The SMILES string of the molecule is CCCCN1C(=O)CCc2c(N(O)C(C)CC)ccc(O)c21.Cl.O. The van der Waals surface area contributed by atoms with Gasteiger partial charge in [0.2, 0.25) is 5.91 Å². The quantitative estimate of drug-likeness (QED) is 0.762. The van der Waals surface area contributed by atoms with Crippen LogP contribution in [0.4, 0.5) is 11.4 Å². The fraction of sp³-hybridized carbons (Fsp3) is 0.588. The summed E-state index contributed by atoms with van der Waals surface area (Å²) in [5, 5.41) is 21.9. The van der Waals surface area contributed by atoms with Gasteiger partial charge in [0, 0.05) is 18.5 Å². The molecule has 1 atom stereocenters. The molecule has 24 heavy (non-hydrogen) atoms. The van der Waals surface area contributed by atoms with Crippen molar-refractivity contribution in [3.8, 4) is 5.75 Å². The minimum Gasteiger partial charge on any atom is -0.506 e. The van der Waals surface area contributed by atoms with Crippen LogP contribution in [0.1, 0.15) is 52.0 Å². The number of hydrogen-bond donors (Lipinski definition) is 2. The Morgan fingerprint density at radius 3 is 2.54 bits per heavy atom. The summed E-state index contributed by atoms with van der Waals surface area (Å²) in [6.45, 7) is 6.64. The van der Waals surface area contributed by atoms with Gasteiger partial charge in [-0.15, -0.1) is 12.4 Å². The lowest BCUT2D eigenvalue weighted by Crippen LogP contribution is -2.37. The van der Waals surface area contributed by atoms with Crippen molar-refractivity contribution in [2.45, 2.75) is 58.9 Å². The number of anilines is 2. The topological polar surface area (TPSA) is 95.5 Å². The summed E-state index contributed by atoms with van der Waals surface area (Å²) in [5.74, 6) is 0.155. The van der Waals surface area contributed by atoms with E-state index in [1.165, 1.54) is 5.06 Å². The van der Waals surface area contributed by atoms with Crippen molar-refractivity contribution in [3.05, 3.63) is 17.7 Å². The first kappa shape index (κ1) is 22.5. The minimum absolute atomic E-state index is 0. The fourth-order valence-corrected chi connectivity index (χ4v) is 2.83. The van der Waals surface area contributed by atoms with Crippen LogP contribution in [-0.2, 0) is 11.2 Å². The number of rotatable bonds is 6. The minimum atomic E-state index is -0.0182. The number of amides is 1. The first-order chi connectivity index (χ1) is 10.5. The van der Waals surface area contributed by atoms with Crippen LogP contribution in [-0.4, -0.2) is 34.3 Å². The van der Waals surface area contributed by atoms with Crippen LogP contribution in [0.3, 0.4) is 0 Å². The number of benzene rings is 1. The number of phenols is 1. The molecule has 1 heterocycles. The number of hydrogen-bond acceptors (Lipinski definition) is 4. The van der Waals surface area contributed by atoms with Crippen molar-refractivity contribution in [1.29, 1.82) is 0 Å². The number of fused-ring (bicyclic) bond motifs is 1. The van der Waals surface area contributed by atoms with Gasteiger partial charge in [-0.1, -0.05) is 20.3 Å². The van der Waals surface area contributed by atoms with Gasteiger partial charge in [-0.3, -0.25) is 15.1 Å². The maximum absolute atomic E-state index is 12.2. The van der Waals surface area contributed by atoms with Gasteiger partial charge < -0.3 is 15.5 Å². The van der Waals surface area contributed by atoms with Gasteiger partial charge in [0.15, 0.2) is 0 Å². The second kappa shape index (κ2) is 9.71. The van der Waals surface area contributed by atoms with E-state index in [2.05, 4.69) is 6.92 Å². The summed E-state index contributed by atoms with van der Waals surface area (Å²) < 4.78 is 0. The Morgan fingerprint density at radius 1 is 1.29 bits per heavy atom. The highest BCUT2D eigenvalue weighted by Gasteiger charge is 2.30. The Labute approximate surface area is 149 Å². The summed E-state index contributed by atoms with van der Waals surface area (Å²) in [6, 6.07) is 3.28. The van der Waals surface area contributed by atoms with E-state index >= 15 is 0 Å². The Bertz CT molecular complexity index is 554. The summed E-state index contributed by atoms with van der Waals surface area (Å²) in [7, 11) is 0. The lowest BCUT2D eigenvalue weighted by Gasteiger charge is -2.34. The van der Waals surface area contributed by atoms with Gasteiger partial charge >= 0.3 is 0 Å². The Morgan fingerprint density at radius 2 is 1.96 bits per heavy atom. The maximum Gasteiger partial charge on any atom is 0.227 e. The maximum atomic E-state index is 12.2. The van der Waals surface area contributed by atoms with Crippen molar-refractivity contribution >= 4 is 29.7 Å². The second-order valence-corrected chi connectivity index (χ2v) is 5.93. The van der Waals surface area contributed by atoms with Gasteiger partial charge in [0.05, 0.1) is 17.4 Å². The van der Waals surface area contributed by atoms with Crippen molar-refractivity contribution in [2.75, 3.05) is 16.5 Å². The lowest BCUT2D eigenvalue weighted by atomic mass is 9.97. The van der Waals surface area contributed by atoms with Gasteiger partial charge in [-0.05, 0) is 38.3 Å². The molecule has 1 aromatic rings. The molecule has 0 radical (unpaired) electrons. The molecular weight excluding hydrogens is 332 g/mol. The molecule has 1 aromatic carbocycles. The van der Waals surface area contributed by atoms with Crippen LogP contribution in [0.5, 0.6) is 5.75 Å². The molecule has 7 heteroatoms. The molecule has 1 aliphatic rings. The molecule has 0 aliphatic carbocycles. The van der Waals surface area contributed by atoms with E-state index < -0.39 is 0 Å². The van der Waals surface area contributed by atoms with Gasteiger partial charge in [-0.25, -0.2) is 0 Å². The van der Waals surface area contributed by atoms with Gasteiger partial charge in [-0.2, -0.15) is 0 Å². The van der Waals surface area contributed by atoms with E-state index in [4.69, 9.17) is 0 Å². The van der Waals surface area contributed by atoms with E-state index in [9.17, 15) is 15.1 Å². The molecule has 1 aliphatic heterocycles. The van der Waals surface area contributed by atoms with E-state index in [1.807, 2.05) is 13.8 Å². The number of hydroxylamine groups is 1. The van der Waals surface area contributed by atoms with Crippen LogP contribution < -0.4 is 9.96 Å². The smallest absolute Gasteiger partial charge is 0.227 e. The number of aromatic hydroxyl groups is 1. The van der Waals surface area contributed by atoms with Crippen LogP contribution >= 0.6 is 12.4 Å². The van der Waals surface area contributed by atoms with Crippen molar-refractivity contribution in [2.24, 2.45) is 0 Å². The summed E-state index contributed by atoms with van der Waals surface area (Å²) in [4.78, 5) is 13.9. The third kappa shape index (κ3) is 4.32. The Balaban J connectivity index is 0.00000264. The standard InChI is InChI=1S/C17H26N2O3.ClH.H2O/c1-4-6-11-18-16(21)10-7-13-14(19(22)12(3)5-2)8-9-15(20)17(13)18;;/h8-9,12,20,22H,4-7,10-11H2,1-3H3;1H;1H2. The van der Waals surface area contributed by atoms with E-state index in [0.29, 0.717) is 30.8 Å². The number of unbranched alkanes of at least 4 members (excludes halogenated alkanes) is 1. The van der Waals surface area contributed by atoms with Crippen molar-refractivity contribution < 1.29 is 20.6 Å². The zero-order valence-corrected chi connectivity index (χ0v) is 15.4. The molecule has 2 rings (SSSR count). The highest BCUT2D eigenvalue weighted by atomic mass is 35.5. The van der Waals surface area contributed by atoms with Gasteiger partial charge in [0.25, 0.3) is 0 Å². The van der Waals surface area contributed by atoms with Crippen LogP contribution in [0.15, 0.2) is 12.1 Å². The van der Waals surface area contributed by atoms with E-state index in [1.54, 1.807) is 17.0 Å². The summed E-state index contributed by atoms with van der Waals surface area (Å²) >= 11 is 0. The van der Waals surface area contributed by atoms with Gasteiger partial charge in [0.1, 0.15) is 5.75 Å². The number of phenolic OH excluding ortho intramolecular Hbond substituents is 1. The number of halogens is 1. The Kier molecular flexibility index (Phi) is 9.11. The van der Waals surface area contributed by atoms with E-state index in [0.717, 1.165) is 24.8 Å². The third-order valence-electron chi connectivity index (χ3n) is 4.39. The summed E-state index contributed by atoms with van der Waals surface area (Å²) in [5.41, 5.74) is 2.12. The fourth-order valence-electron chi connectivity index (χ4n) is 2.83. The largest absolute Gasteiger partial charge is 0.506 e. The first-order valence-electron chi connectivity index (χ1n) is 8.14. The number of carbonyl (C=O) groups excluding carboxylic acids is 1. The highest BCUT2D eigenvalue weighted by Crippen LogP contribution is 2.42. The van der Waals surface area contributed by atoms with Crippen LogP contribution in [0.2, 0.25) is 0 Å². The first-order valence-corrected chi connectivity index (χ1v) is 8.14. The van der Waals surface area contributed by atoms with E-state index in [-0.39, 0.29) is 35.6 Å². The molecule has 0 spiro atoms. The predicted octanol–water partition coefficient (Wildman–Crippen LogP) is 3.06. The monoisotopic (exact) mass is 360 g/mol. The summed E-state index contributed by atoms with van der Waals surface area (Å²) in [6.07, 6.45) is 3.65. The van der Waals surface area contributed by atoms with Crippen LogP contribution in [0, 0.1) is 0 Å². The molecule has 0 fully saturated rings. The molecule has 1 unspecified atom stereocenters. The molecule has 0 bridgehead atoms. The molecule has 0 saturated heterocycles. The predicted molar refractivity (Wildman–Crippen MR) is 98.6 cm³/mol. The average Bonchev–Trinajstić information content (AvgIpc) is 2.53. The molecule has 4 N–H and O–H groups in total. The molecule has 0 saturated carbocycles. The second-order valence-electron chi connectivity index (χ2n) is 5.93. The highest BCUT2D eigenvalue weighted by molar-refractivity contribution is 5.99. The zero-order valence-electron chi connectivity index (χ0n) is 14.6. The molecule has 1 amide bonds. The molecule has 138 valence electrons. The zero-order chi connectivity index (χ0) is 16.3. The molecular formula is C17H29ClN2O4. The normalized spacial score (nSPS) is 14.3. The molecule has 0 aromatic heterocycles. The Hall–Kier alpha value is -1.50. The van der Waals surface area contributed by atoms with Crippen molar-refractivity contribution in [1.82, 2.24) is 0 Å². The molecule has 6 nitrogen and oxygen atoms in total. The third-order valence-corrected chi connectivity index (χ3v) is 4.39. The number of nitrogens with zero attached hydrogens (tertiary/aromatic N) is 2. The number of carbonyl (C=O) groups is 1. The van der Waals surface area contributed by atoms with Crippen molar-refractivity contribution in [3.63, 3.8) is 0 Å². The average molecular weight is 361 g/mol. The van der Waals surface area contributed by atoms with Crippen LogP contribution in [0.25, 0.3) is 0 Å².